The summed E-state index contributed by atoms with van der Waals surface area (Å²) in [7, 11) is 0. The molecule has 0 aromatic carbocycles. The zero-order chi connectivity index (χ0) is 11.4. The van der Waals surface area contributed by atoms with Crippen molar-refractivity contribution in [2.75, 3.05) is 0 Å². The van der Waals surface area contributed by atoms with Crippen molar-refractivity contribution in [1.29, 1.82) is 0 Å². The molecule has 2 aliphatic rings. The molecule has 0 saturated heterocycles. The largest absolute Gasteiger partial charge is 0.351 e. The molecule has 0 aromatic heterocycles. The highest BCUT2D eigenvalue weighted by molar-refractivity contribution is 5.85. The monoisotopic (exact) mass is 260 g/mol. The van der Waals surface area contributed by atoms with Gasteiger partial charge in [0.1, 0.15) is 0 Å². The average Bonchev–Trinajstić information content (AvgIpc) is 2.31. The van der Waals surface area contributed by atoms with E-state index in [2.05, 4.69) is 0 Å². The number of amides is 2. The maximum absolute atomic E-state index is 11.6. The summed E-state index contributed by atoms with van der Waals surface area (Å²) in [6.07, 6.45) is 12.4. The van der Waals surface area contributed by atoms with Crippen molar-refractivity contribution in [3.63, 3.8) is 0 Å². The van der Waals surface area contributed by atoms with Gasteiger partial charge in [-0.3, -0.25) is 0 Å². The number of carbonyl (C=O) groups excluding carboxylic acids is 1. The summed E-state index contributed by atoms with van der Waals surface area (Å²) < 4.78 is 0. The molecule has 0 aliphatic heterocycles. The second-order valence-corrected chi connectivity index (χ2v) is 5.33. The van der Waals surface area contributed by atoms with E-state index in [1.807, 2.05) is 4.90 Å². The summed E-state index contributed by atoms with van der Waals surface area (Å²) >= 11 is 0. The maximum atomic E-state index is 11.6. The van der Waals surface area contributed by atoms with Crippen LogP contribution in [0.15, 0.2) is 0 Å². The molecule has 2 aliphatic carbocycles. The van der Waals surface area contributed by atoms with E-state index in [1.165, 1.54) is 64.2 Å². The van der Waals surface area contributed by atoms with Crippen molar-refractivity contribution in [3.05, 3.63) is 0 Å². The lowest BCUT2D eigenvalue weighted by molar-refractivity contribution is 0.111. The van der Waals surface area contributed by atoms with Crippen LogP contribution in [0.3, 0.4) is 0 Å². The van der Waals surface area contributed by atoms with Crippen LogP contribution in [0.5, 0.6) is 0 Å². The van der Waals surface area contributed by atoms with Gasteiger partial charge in [0.05, 0.1) is 0 Å². The smallest absolute Gasteiger partial charge is 0.315 e. The van der Waals surface area contributed by atoms with Gasteiger partial charge in [0, 0.05) is 12.1 Å². The third-order valence-corrected chi connectivity index (χ3v) is 4.19. The molecule has 2 amide bonds. The standard InChI is InChI=1S/C13H24N2O.ClH/c14-13(16)15(11-7-3-1-4-8-11)12-9-5-2-6-10-12;/h11-12H,1-10H2,(H2,14,16);1H. The van der Waals surface area contributed by atoms with Gasteiger partial charge in [-0.2, -0.15) is 0 Å². The van der Waals surface area contributed by atoms with Gasteiger partial charge in [0.2, 0.25) is 0 Å². The Morgan fingerprint density at radius 2 is 1.18 bits per heavy atom. The molecule has 3 nitrogen and oxygen atoms in total. The number of hydrogen-bond acceptors (Lipinski definition) is 1. The highest BCUT2D eigenvalue weighted by Gasteiger charge is 2.30. The summed E-state index contributed by atoms with van der Waals surface area (Å²) in [6, 6.07) is 0.697. The van der Waals surface area contributed by atoms with E-state index in [0.717, 1.165) is 0 Å². The van der Waals surface area contributed by atoms with Crippen LogP contribution in [0.25, 0.3) is 0 Å². The lowest BCUT2D eigenvalue weighted by Crippen LogP contribution is -2.51. The van der Waals surface area contributed by atoms with Gasteiger partial charge in [-0.15, -0.1) is 12.4 Å². The maximum Gasteiger partial charge on any atom is 0.315 e. The minimum absolute atomic E-state index is 0. The quantitative estimate of drug-likeness (QED) is 0.812. The number of hydrogen-bond donors (Lipinski definition) is 1. The number of primary amides is 1. The van der Waals surface area contributed by atoms with Crippen LogP contribution in [-0.4, -0.2) is 23.0 Å². The van der Waals surface area contributed by atoms with Gasteiger partial charge in [0.15, 0.2) is 0 Å². The Hall–Kier alpha value is -0.440. The fourth-order valence-electron chi connectivity index (χ4n) is 3.38. The SMILES string of the molecule is Cl.NC(=O)N(C1CCCCC1)C1CCCCC1. The molecule has 0 bridgehead atoms. The molecule has 2 rings (SSSR count). The number of nitrogens with two attached hydrogens (primary N) is 1. The molecule has 17 heavy (non-hydrogen) atoms. The highest BCUT2D eigenvalue weighted by Crippen LogP contribution is 2.29. The van der Waals surface area contributed by atoms with Gasteiger partial charge in [-0.05, 0) is 25.7 Å². The third kappa shape index (κ3) is 3.77. The molecular formula is C13H25ClN2O. The number of urea groups is 1. The van der Waals surface area contributed by atoms with Gasteiger partial charge >= 0.3 is 6.03 Å². The van der Waals surface area contributed by atoms with Crippen LogP contribution in [0.4, 0.5) is 4.79 Å². The highest BCUT2D eigenvalue weighted by atomic mass is 35.5. The molecule has 0 atom stereocenters. The summed E-state index contributed by atoms with van der Waals surface area (Å²) in [5.74, 6) is 0. The Labute approximate surface area is 111 Å². The summed E-state index contributed by atoms with van der Waals surface area (Å²) in [5, 5.41) is 0. The first-order valence-corrected chi connectivity index (χ1v) is 6.87. The molecule has 0 radical (unpaired) electrons. The topological polar surface area (TPSA) is 46.3 Å². The minimum atomic E-state index is -0.182. The Morgan fingerprint density at radius 1 is 0.824 bits per heavy atom. The van der Waals surface area contributed by atoms with Crippen molar-refractivity contribution < 1.29 is 4.79 Å². The van der Waals surface area contributed by atoms with Crippen LogP contribution in [0, 0.1) is 0 Å². The van der Waals surface area contributed by atoms with Crippen LogP contribution < -0.4 is 5.73 Å². The average molecular weight is 261 g/mol. The van der Waals surface area contributed by atoms with Crippen molar-refractivity contribution >= 4 is 18.4 Å². The molecule has 0 spiro atoms. The van der Waals surface area contributed by atoms with Crippen molar-refractivity contribution in [2.24, 2.45) is 5.73 Å². The Kier molecular flexibility index (Phi) is 6.10. The summed E-state index contributed by atoms with van der Waals surface area (Å²) in [6.45, 7) is 0. The molecule has 2 N–H and O–H groups in total. The Balaban J connectivity index is 0.00000144. The van der Waals surface area contributed by atoms with E-state index >= 15 is 0 Å². The van der Waals surface area contributed by atoms with E-state index in [-0.39, 0.29) is 18.4 Å². The molecular weight excluding hydrogens is 236 g/mol. The Bertz CT molecular complexity index is 218. The van der Waals surface area contributed by atoms with Crippen LogP contribution in [0.1, 0.15) is 64.2 Å². The first kappa shape index (κ1) is 14.6. The van der Waals surface area contributed by atoms with E-state index in [1.54, 1.807) is 0 Å². The van der Waals surface area contributed by atoms with Gasteiger partial charge in [-0.1, -0.05) is 38.5 Å². The van der Waals surface area contributed by atoms with Gasteiger partial charge in [-0.25, -0.2) is 4.79 Å². The number of rotatable bonds is 2. The van der Waals surface area contributed by atoms with Crippen molar-refractivity contribution in [2.45, 2.75) is 76.3 Å². The first-order valence-electron chi connectivity index (χ1n) is 6.87. The fraction of sp³-hybridized carbons (Fsp3) is 0.923. The predicted octanol–water partition coefficient (Wildman–Crippen LogP) is 3.45. The summed E-state index contributed by atoms with van der Waals surface area (Å²) in [5.41, 5.74) is 5.59. The van der Waals surface area contributed by atoms with Crippen molar-refractivity contribution in [1.82, 2.24) is 4.90 Å². The second kappa shape index (κ2) is 7.10. The minimum Gasteiger partial charge on any atom is -0.351 e. The van der Waals surface area contributed by atoms with E-state index in [9.17, 15) is 4.79 Å². The number of carbonyl (C=O) groups is 1. The molecule has 2 fully saturated rings. The molecule has 100 valence electrons. The Morgan fingerprint density at radius 3 is 1.47 bits per heavy atom. The molecule has 0 heterocycles. The van der Waals surface area contributed by atoms with Crippen LogP contribution in [0.2, 0.25) is 0 Å². The second-order valence-electron chi connectivity index (χ2n) is 5.33. The van der Waals surface area contributed by atoms with Gasteiger partial charge < -0.3 is 10.6 Å². The molecule has 0 unspecified atom stereocenters. The normalized spacial score (nSPS) is 22.8. The number of halogens is 1. The predicted molar refractivity (Wildman–Crippen MR) is 72.4 cm³/mol. The van der Waals surface area contributed by atoms with Crippen LogP contribution in [-0.2, 0) is 0 Å². The third-order valence-electron chi connectivity index (χ3n) is 4.19. The zero-order valence-corrected chi connectivity index (χ0v) is 11.4. The molecule has 4 heteroatoms. The zero-order valence-electron chi connectivity index (χ0n) is 10.6. The van der Waals surface area contributed by atoms with Crippen molar-refractivity contribution in [3.8, 4) is 0 Å². The van der Waals surface area contributed by atoms with Crippen LogP contribution >= 0.6 is 12.4 Å². The summed E-state index contributed by atoms with van der Waals surface area (Å²) in [4.78, 5) is 13.7. The van der Waals surface area contributed by atoms with E-state index < -0.39 is 0 Å². The lowest BCUT2D eigenvalue weighted by Gasteiger charge is -2.40. The molecule has 0 aromatic rings. The molecule has 2 saturated carbocycles. The van der Waals surface area contributed by atoms with E-state index in [4.69, 9.17) is 5.73 Å². The first-order chi connectivity index (χ1) is 7.79. The fourth-order valence-corrected chi connectivity index (χ4v) is 3.38. The van der Waals surface area contributed by atoms with E-state index in [0.29, 0.717) is 12.1 Å². The number of nitrogens with zero attached hydrogens (tertiary/aromatic N) is 1. The lowest BCUT2D eigenvalue weighted by atomic mass is 9.89. The van der Waals surface area contributed by atoms with Gasteiger partial charge in [0.25, 0.3) is 0 Å².